The smallest absolute Gasteiger partial charge is 0.0599 e. The maximum Gasteiger partial charge on any atom is 0.0599 e. The van der Waals surface area contributed by atoms with Crippen LogP contribution in [-0.4, -0.2) is 83.3 Å². The highest BCUT2D eigenvalue weighted by Crippen LogP contribution is 2.33. The third kappa shape index (κ3) is 3.98. The van der Waals surface area contributed by atoms with Crippen molar-refractivity contribution in [1.29, 1.82) is 0 Å². The molecular weight excluding hydrogens is 298 g/mol. The van der Waals surface area contributed by atoms with Crippen LogP contribution in [-0.2, 0) is 0 Å². The molecule has 0 aromatic heterocycles. The van der Waals surface area contributed by atoms with Crippen LogP contribution in [0.25, 0.3) is 0 Å². The lowest BCUT2D eigenvalue weighted by Gasteiger charge is -2.53. The fourth-order valence-electron chi connectivity index (χ4n) is 5.12. The second-order valence-corrected chi connectivity index (χ2v) is 9.08. The van der Waals surface area contributed by atoms with Gasteiger partial charge in [-0.15, -0.1) is 0 Å². The van der Waals surface area contributed by atoms with Crippen molar-refractivity contribution in [1.82, 2.24) is 14.7 Å². The van der Waals surface area contributed by atoms with Crippen LogP contribution in [0.3, 0.4) is 0 Å². The molecule has 2 aliphatic heterocycles. The van der Waals surface area contributed by atoms with Gasteiger partial charge in [-0.05, 0) is 51.4 Å². The normalized spacial score (nSPS) is 34.9. The van der Waals surface area contributed by atoms with Crippen LogP contribution in [0.1, 0.15) is 53.4 Å². The molecule has 140 valence electrons. The lowest BCUT2D eigenvalue weighted by molar-refractivity contribution is -0.0634. The molecule has 1 saturated carbocycles. The first-order valence-electron chi connectivity index (χ1n) is 10.3. The highest BCUT2D eigenvalue weighted by molar-refractivity contribution is 4.96. The van der Waals surface area contributed by atoms with Crippen molar-refractivity contribution in [3.05, 3.63) is 0 Å². The zero-order chi connectivity index (χ0) is 17.3. The minimum absolute atomic E-state index is 0.315. The Kier molecular flexibility index (Phi) is 6.23. The van der Waals surface area contributed by atoms with Crippen molar-refractivity contribution in [2.45, 2.75) is 77.5 Å². The van der Waals surface area contributed by atoms with Gasteiger partial charge in [-0.2, -0.15) is 0 Å². The van der Waals surface area contributed by atoms with Gasteiger partial charge >= 0.3 is 0 Å². The van der Waals surface area contributed by atoms with Crippen molar-refractivity contribution >= 4 is 0 Å². The second-order valence-electron chi connectivity index (χ2n) is 9.08. The Labute approximate surface area is 149 Å². The largest absolute Gasteiger partial charge is 0.395 e. The van der Waals surface area contributed by atoms with E-state index < -0.39 is 0 Å². The minimum Gasteiger partial charge on any atom is -0.395 e. The summed E-state index contributed by atoms with van der Waals surface area (Å²) in [6.07, 6.45) is 5.54. The molecule has 3 fully saturated rings. The van der Waals surface area contributed by atoms with Crippen LogP contribution < -0.4 is 0 Å². The summed E-state index contributed by atoms with van der Waals surface area (Å²) in [6.45, 7) is 15.4. The third-order valence-corrected chi connectivity index (χ3v) is 7.06. The molecular formula is C20H39N3O. The molecule has 4 heteroatoms. The van der Waals surface area contributed by atoms with E-state index in [0.717, 1.165) is 31.0 Å². The van der Waals surface area contributed by atoms with Gasteiger partial charge in [0.25, 0.3) is 0 Å². The molecule has 1 atom stereocenters. The molecule has 0 bridgehead atoms. The molecule has 0 radical (unpaired) electrons. The second kappa shape index (κ2) is 8.03. The van der Waals surface area contributed by atoms with E-state index in [9.17, 15) is 5.11 Å². The number of hydrogen-bond acceptors (Lipinski definition) is 4. The van der Waals surface area contributed by atoms with Gasteiger partial charge < -0.3 is 5.11 Å². The maximum absolute atomic E-state index is 9.95. The SMILES string of the molecule is CC(C)C1CCC(N2CCN(C3CN(C(C)C)C3)[C@@H](CO)C2)CC1. The van der Waals surface area contributed by atoms with Gasteiger partial charge in [0, 0.05) is 56.9 Å². The number of aliphatic hydroxyl groups is 1. The van der Waals surface area contributed by atoms with E-state index >= 15 is 0 Å². The fraction of sp³-hybridized carbons (Fsp3) is 1.00. The molecule has 4 nitrogen and oxygen atoms in total. The van der Waals surface area contributed by atoms with Crippen LogP contribution in [0.5, 0.6) is 0 Å². The van der Waals surface area contributed by atoms with Crippen LogP contribution in [0.2, 0.25) is 0 Å². The van der Waals surface area contributed by atoms with Gasteiger partial charge in [-0.1, -0.05) is 13.8 Å². The Balaban J connectivity index is 1.49. The predicted octanol–water partition coefficient (Wildman–Crippen LogP) is 2.27. The van der Waals surface area contributed by atoms with E-state index in [0.29, 0.717) is 24.7 Å². The Hall–Kier alpha value is -0.160. The Bertz CT molecular complexity index is 386. The summed E-state index contributed by atoms with van der Waals surface area (Å²) in [5.74, 6) is 1.78. The topological polar surface area (TPSA) is 30.0 Å². The van der Waals surface area contributed by atoms with Gasteiger partial charge in [0.2, 0.25) is 0 Å². The van der Waals surface area contributed by atoms with Crippen molar-refractivity contribution < 1.29 is 5.11 Å². The van der Waals surface area contributed by atoms with E-state index in [4.69, 9.17) is 0 Å². The zero-order valence-corrected chi connectivity index (χ0v) is 16.3. The lowest BCUT2D eigenvalue weighted by atomic mass is 9.79. The first-order chi connectivity index (χ1) is 11.5. The van der Waals surface area contributed by atoms with Crippen LogP contribution in [0.15, 0.2) is 0 Å². The summed E-state index contributed by atoms with van der Waals surface area (Å²) in [7, 11) is 0. The standard InChI is InChI=1S/C20H39N3O/c1-15(2)17-5-7-18(8-6-17)21-9-10-23(20(13-21)14-24)19-11-22(12-19)16(3)4/h15-20,24H,5-14H2,1-4H3/t17?,18?,20-/m1/s1. The van der Waals surface area contributed by atoms with Crippen LogP contribution in [0, 0.1) is 11.8 Å². The van der Waals surface area contributed by atoms with Gasteiger partial charge in [0.15, 0.2) is 0 Å². The quantitative estimate of drug-likeness (QED) is 0.833. The van der Waals surface area contributed by atoms with E-state index in [1.165, 1.54) is 45.3 Å². The summed E-state index contributed by atoms with van der Waals surface area (Å²) in [4.78, 5) is 7.85. The summed E-state index contributed by atoms with van der Waals surface area (Å²) < 4.78 is 0. The number of likely N-dealkylation sites (tertiary alicyclic amines) is 1. The van der Waals surface area contributed by atoms with Gasteiger partial charge in [0.1, 0.15) is 0 Å². The van der Waals surface area contributed by atoms with E-state index in [1.54, 1.807) is 0 Å². The van der Waals surface area contributed by atoms with Gasteiger partial charge in [0.05, 0.1) is 6.61 Å². The average Bonchev–Trinajstić information content (AvgIpc) is 2.53. The Morgan fingerprint density at radius 3 is 2.08 bits per heavy atom. The van der Waals surface area contributed by atoms with Crippen molar-refractivity contribution in [2.24, 2.45) is 11.8 Å². The molecule has 3 aliphatic rings. The first-order valence-corrected chi connectivity index (χ1v) is 10.3. The number of aliphatic hydroxyl groups excluding tert-OH is 1. The Morgan fingerprint density at radius 1 is 0.875 bits per heavy atom. The third-order valence-electron chi connectivity index (χ3n) is 7.06. The van der Waals surface area contributed by atoms with E-state index in [1.807, 2.05) is 0 Å². The summed E-state index contributed by atoms with van der Waals surface area (Å²) in [6, 6.07) is 2.44. The molecule has 2 saturated heterocycles. The monoisotopic (exact) mass is 337 g/mol. The summed E-state index contributed by atoms with van der Waals surface area (Å²) in [5, 5.41) is 9.95. The lowest BCUT2D eigenvalue weighted by Crippen LogP contribution is -2.68. The molecule has 1 aliphatic carbocycles. The highest BCUT2D eigenvalue weighted by atomic mass is 16.3. The highest BCUT2D eigenvalue weighted by Gasteiger charge is 2.40. The summed E-state index contributed by atoms with van der Waals surface area (Å²) >= 11 is 0. The molecule has 3 rings (SSSR count). The van der Waals surface area contributed by atoms with Crippen molar-refractivity contribution in [3.8, 4) is 0 Å². The van der Waals surface area contributed by atoms with Crippen molar-refractivity contribution in [3.63, 3.8) is 0 Å². The van der Waals surface area contributed by atoms with Gasteiger partial charge in [-0.25, -0.2) is 0 Å². The average molecular weight is 338 g/mol. The molecule has 0 unspecified atom stereocenters. The number of piperazine rings is 1. The first kappa shape index (κ1) is 18.6. The van der Waals surface area contributed by atoms with E-state index in [-0.39, 0.29) is 0 Å². The summed E-state index contributed by atoms with van der Waals surface area (Å²) in [5.41, 5.74) is 0. The molecule has 0 spiro atoms. The fourth-order valence-corrected chi connectivity index (χ4v) is 5.12. The molecule has 24 heavy (non-hydrogen) atoms. The molecule has 0 aromatic carbocycles. The number of rotatable bonds is 5. The number of hydrogen-bond donors (Lipinski definition) is 1. The number of nitrogens with zero attached hydrogens (tertiary/aromatic N) is 3. The van der Waals surface area contributed by atoms with Gasteiger partial charge in [-0.3, -0.25) is 14.7 Å². The maximum atomic E-state index is 9.95. The molecule has 0 aromatic rings. The van der Waals surface area contributed by atoms with Crippen molar-refractivity contribution in [2.75, 3.05) is 39.3 Å². The zero-order valence-electron chi connectivity index (χ0n) is 16.3. The van der Waals surface area contributed by atoms with Crippen LogP contribution in [0.4, 0.5) is 0 Å². The minimum atomic E-state index is 0.315. The van der Waals surface area contributed by atoms with Crippen LogP contribution >= 0.6 is 0 Å². The van der Waals surface area contributed by atoms with E-state index in [2.05, 4.69) is 42.4 Å². The molecule has 1 N–H and O–H groups in total. The molecule has 0 amide bonds. The Morgan fingerprint density at radius 2 is 1.54 bits per heavy atom. The molecule has 2 heterocycles. The predicted molar refractivity (Wildman–Crippen MR) is 100 cm³/mol.